The summed E-state index contributed by atoms with van der Waals surface area (Å²) >= 11 is 0. The lowest BCUT2D eigenvalue weighted by atomic mass is 9.89. The number of hydrogen-bond donors (Lipinski definition) is 0. The molecule has 2 nitrogen and oxygen atoms in total. The van der Waals surface area contributed by atoms with Crippen molar-refractivity contribution in [3.63, 3.8) is 0 Å². The molecule has 0 aromatic heterocycles. The van der Waals surface area contributed by atoms with Crippen LogP contribution in [0.3, 0.4) is 0 Å². The molecule has 3 unspecified atom stereocenters. The van der Waals surface area contributed by atoms with Gasteiger partial charge in [0.2, 0.25) is 0 Å². The van der Waals surface area contributed by atoms with Gasteiger partial charge in [-0.05, 0) is 32.1 Å². The van der Waals surface area contributed by atoms with Gasteiger partial charge < -0.3 is 0 Å². The fraction of sp³-hybridized carbons (Fsp3) is 0.929. The van der Waals surface area contributed by atoms with Crippen LogP contribution in [0.5, 0.6) is 0 Å². The zero-order chi connectivity index (χ0) is 11.9. The maximum Gasteiger partial charge on any atom is 0.142 e. The number of nitrogens with zero attached hydrogens (tertiary/aromatic N) is 1. The maximum atomic E-state index is 12.2. The van der Waals surface area contributed by atoms with E-state index in [-0.39, 0.29) is 5.41 Å². The molecule has 2 rings (SSSR count). The van der Waals surface area contributed by atoms with E-state index in [1.165, 1.54) is 13.0 Å². The topological polar surface area (TPSA) is 20.3 Å². The Morgan fingerprint density at radius 1 is 1.38 bits per heavy atom. The van der Waals surface area contributed by atoms with E-state index in [1.807, 2.05) is 0 Å². The number of carbonyl (C=O) groups is 1. The van der Waals surface area contributed by atoms with Crippen molar-refractivity contribution in [2.24, 2.45) is 17.3 Å². The van der Waals surface area contributed by atoms with Crippen molar-refractivity contribution in [1.82, 2.24) is 4.90 Å². The summed E-state index contributed by atoms with van der Waals surface area (Å²) in [7, 11) is 0. The molecular formula is C14H25NO. The van der Waals surface area contributed by atoms with Crippen LogP contribution in [-0.4, -0.2) is 29.8 Å². The molecule has 2 heteroatoms. The highest BCUT2D eigenvalue weighted by Crippen LogP contribution is 2.38. The molecule has 3 atom stereocenters. The summed E-state index contributed by atoms with van der Waals surface area (Å²) < 4.78 is 0. The molecule has 1 heterocycles. The zero-order valence-electron chi connectivity index (χ0n) is 11.1. The third kappa shape index (κ3) is 2.17. The van der Waals surface area contributed by atoms with Gasteiger partial charge >= 0.3 is 0 Å². The van der Waals surface area contributed by atoms with Crippen molar-refractivity contribution in [3.05, 3.63) is 0 Å². The Morgan fingerprint density at radius 3 is 2.50 bits per heavy atom. The smallest absolute Gasteiger partial charge is 0.142 e. The van der Waals surface area contributed by atoms with Gasteiger partial charge in [0.05, 0.1) is 0 Å². The number of hydrogen-bond acceptors (Lipinski definition) is 2. The molecule has 0 aromatic carbocycles. The molecule has 2 aliphatic rings. The first kappa shape index (κ1) is 12.1. The number of Topliss-reactive ketones (excluding diaryl/α,β-unsaturated/α-hetero) is 1. The molecule has 0 radical (unpaired) electrons. The van der Waals surface area contributed by atoms with Crippen LogP contribution in [0.15, 0.2) is 0 Å². The molecule has 0 bridgehead atoms. The predicted octanol–water partition coefficient (Wildman–Crippen LogP) is 2.72. The molecule has 2 fully saturated rings. The monoisotopic (exact) mass is 223 g/mol. The minimum Gasteiger partial charge on any atom is -0.300 e. The summed E-state index contributed by atoms with van der Waals surface area (Å²) in [5.74, 6) is 1.61. The Labute approximate surface area is 99.4 Å². The Kier molecular flexibility index (Phi) is 3.13. The van der Waals surface area contributed by atoms with Gasteiger partial charge in [0.1, 0.15) is 5.78 Å². The summed E-state index contributed by atoms with van der Waals surface area (Å²) in [6.45, 7) is 11.0. The summed E-state index contributed by atoms with van der Waals surface area (Å²) in [6, 6.07) is 0.673. The van der Waals surface area contributed by atoms with E-state index in [9.17, 15) is 4.79 Å². The second-order valence-electron chi connectivity index (χ2n) is 6.63. The lowest BCUT2D eigenvalue weighted by Gasteiger charge is -2.25. The van der Waals surface area contributed by atoms with E-state index in [2.05, 4.69) is 32.6 Å². The molecule has 0 N–H and O–H groups in total. The van der Waals surface area contributed by atoms with Gasteiger partial charge in [-0.3, -0.25) is 9.69 Å². The standard InChI is InChI=1S/C14H25NO/c1-10-7-11(2)15(8-10)9-12-5-6-14(3,4)13(12)16/h10-12H,5-9H2,1-4H3. The van der Waals surface area contributed by atoms with Crippen LogP contribution in [0.25, 0.3) is 0 Å². The zero-order valence-corrected chi connectivity index (χ0v) is 11.1. The van der Waals surface area contributed by atoms with Crippen molar-refractivity contribution in [2.75, 3.05) is 13.1 Å². The Balaban J connectivity index is 1.94. The molecule has 1 aliphatic carbocycles. The second-order valence-corrected chi connectivity index (χ2v) is 6.63. The van der Waals surface area contributed by atoms with Crippen molar-refractivity contribution in [1.29, 1.82) is 0 Å². The van der Waals surface area contributed by atoms with Gasteiger partial charge in [-0.25, -0.2) is 0 Å². The molecule has 1 saturated carbocycles. The van der Waals surface area contributed by atoms with E-state index < -0.39 is 0 Å². The van der Waals surface area contributed by atoms with E-state index in [1.54, 1.807) is 0 Å². The van der Waals surface area contributed by atoms with Crippen LogP contribution in [0.2, 0.25) is 0 Å². The molecule has 0 amide bonds. The largest absolute Gasteiger partial charge is 0.300 e. The highest BCUT2D eigenvalue weighted by Gasteiger charge is 2.42. The van der Waals surface area contributed by atoms with Crippen LogP contribution in [-0.2, 0) is 4.79 Å². The number of carbonyl (C=O) groups excluding carboxylic acids is 1. The first-order valence-electron chi connectivity index (χ1n) is 6.68. The first-order valence-corrected chi connectivity index (χ1v) is 6.68. The highest BCUT2D eigenvalue weighted by molar-refractivity contribution is 5.88. The van der Waals surface area contributed by atoms with Crippen molar-refractivity contribution < 1.29 is 4.79 Å². The van der Waals surface area contributed by atoms with E-state index in [4.69, 9.17) is 0 Å². The average Bonchev–Trinajstić information content (AvgIpc) is 2.61. The number of ketones is 1. The summed E-state index contributed by atoms with van der Waals surface area (Å²) in [6.07, 6.45) is 3.47. The van der Waals surface area contributed by atoms with Gasteiger partial charge in [-0.1, -0.05) is 20.8 Å². The molecular weight excluding hydrogens is 198 g/mol. The SMILES string of the molecule is CC1CC(C)N(CC2CCC(C)(C)C2=O)C1. The van der Waals surface area contributed by atoms with E-state index in [0.29, 0.717) is 17.7 Å². The minimum absolute atomic E-state index is 0.0563. The maximum absolute atomic E-state index is 12.2. The molecule has 1 saturated heterocycles. The average molecular weight is 223 g/mol. The van der Waals surface area contributed by atoms with Crippen LogP contribution >= 0.6 is 0 Å². The van der Waals surface area contributed by atoms with Crippen LogP contribution in [0, 0.1) is 17.3 Å². The third-order valence-corrected chi connectivity index (χ3v) is 4.52. The minimum atomic E-state index is -0.0563. The fourth-order valence-corrected chi connectivity index (χ4v) is 3.44. The fourth-order valence-electron chi connectivity index (χ4n) is 3.44. The van der Waals surface area contributed by atoms with E-state index >= 15 is 0 Å². The molecule has 0 spiro atoms. The van der Waals surface area contributed by atoms with Gasteiger partial charge in [-0.2, -0.15) is 0 Å². The van der Waals surface area contributed by atoms with Crippen molar-refractivity contribution in [2.45, 2.75) is 53.0 Å². The van der Waals surface area contributed by atoms with Crippen LogP contribution in [0.1, 0.15) is 47.0 Å². The summed E-state index contributed by atoms with van der Waals surface area (Å²) in [5.41, 5.74) is -0.0563. The molecule has 0 aromatic rings. The predicted molar refractivity (Wildman–Crippen MR) is 66.3 cm³/mol. The quantitative estimate of drug-likeness (QED) is 0.717. The van der Waals surface area contributed by atoms with Crippen LogP contribution in [0.4, 0.5) is 0 Å². The van der Waals surface area contributed by atoms with Crippen LogP contribution < -0.4 is 0 Å². The summed E-state index contributed by atoms with van der Waals surface area (Å²) in [4.78, 5) is 14.7. The molecule has 92 valence electrons. The Bertz CT molecular complexity index is 284. The number of rotatable bonds is 2. The van der Waals surface area contributed by atoms with Crippen molar-refractivity contribution in [3.8, 4) is 0 Å². The normalized spacial score (nSPS) is 39.5. The van der Waals surface area contributed by atoms with Gasteiger partial charge in [0, 0.05) is 30.5 Å². The third-order valence-electron chi connectivity index (χ3n) is 4.52. The molecule has 1 aliphatic heterocycles. The second kappa shape index (κ2) is 4.14. The first-order chi connectivity index (χ1) is 7.40. The number of likely N-dealkylation sites (tertiary alicyclic amines) is 1. The highest BCUT2D eigenvalue weighted by atomic mass is 16.1. The van der Waals surface area contributed by atoms with E-state index in [0.717, 1.165) is 25.3 Å². The van der Waals surface area contributed by atoms with Crippen molar-refractivity contribution >= 4 is 5.78 Å². The Morgan fingerprint density at radius 2 is 2.06 bits per heavy atom. The van der Waals surface area contributed by atoms with Gasteiger partial charge in [0.15, 0.2) is 0 Å². The summed E-state index contributed by atoms with van der Waals surface area (Å²) in [5, 5.41) is 0. The van der Waals surface area contributed by atoms with Gasteiger partial charge in [-0.15, -0.1) is 0 Å². The lowest BCUT2D eigenvalue weighted by molar-refractivity contribution is -0.128. The van der Waals surface area contributed by atoms with Gasteiger partial charge in [0.25, 0.3) is 0 Å². The lowest BCUT2D eigenvalue weighted by Crippen LogP contribution is -2.35. The Hall–Kier alpha value is -0.370. The molecule has 16 heavy (non-hydrogen) atoms.